The minimum atomic E-state index is -3.42. The van der Waals surface area contributed by atoms with E-state index in [1.807, 2.05) is 4.90 Å². The first-order chi connectivity index (χ1) is 13.3. The molecule has 0 aromatic heterocycles. The maximum Gasteiger partial charge on any atom is 0.179 e. The highest BCUT2D eigenvalue weighted by Crippen LogP contribution is 2.30. The molecule has 8 heteroatoms. The van der Waals surface area contributed by atoms with Crippen LogP contribution in [0.15, 0.2) is 23.1 Å². The Hall–Kier alpha value is -1.85. The van der Waals surface area contributed by atoms with E-state index in [9.17, 15) is 12.8 Å². The minimum Gasteiger partial charge on any atom is -0.490 e. The second-order valence-corrected chi connectivity index (χ2v) is 10.0. The van der Waals surface area contributed by atoms with E-state index >= 15 is 0 Å². The van der Waals surface area contributed by atoms with Crippen LogP contribution in [0.1, 0.15) is 32.6 Å². The quantitative estimate of drug-likeness (QED) is 0.696. The summed E-state index contributed by atoms with van der Waals surface area (Å²) in [6.45, 7) is 5.20. The van der Waals surface area contributed by atoms with Gasteiger partial charge in [-0.3, -0.25) is 4.90 Å². The van der Waals surface area contributed by atoms with Crippen molar-refractivity contribution in [3.8, 4) is 11.9 Å². The summed E-state index contributed by atoms with van der Waals surface area (Å²) in [6.07, 6.45) is 7.54. The van der Waals surface area contributed by atoms with Crippen molar-refractivity contribution in [1.29, 1.82) is 5.26 Å². The van der Waals surface area contributed by atoms with Crippen LogP contribution in [0.4, 0.5) is 4.39 Å². The predicted molar refractivity (Wildman–Crippen MR) is 104 cm³/mol. The van der Waals surface area contributed by atoms with Crippen LogP contribution in [0.3, 0.4) is 0 Å². The maximum atomic E-state index is 14.1. The van der Waals surface area contributed by atoms with E-state index in [1.165, 1.54) is 12.1 Å². The summed E-state index contributed by atoms with van der Waals surface area (Å²) in [6, 6.07) is 4.60. The zero-order valence-corrected chi connectivity index (χ0v) is 17.3. The second-order valence-electron chi connectivity index (χ2n) is 7.99. The van der Waals surface area contributed by atoms with Crippen molar-refractivity contribution in [2.75, 3.05) is 32.5 Å². The first-order valence-electron chi connectivity index (χ1n) is 9.80. The van der Waals surface area contributed by atoms with E-state index in [4.69, 9.17) is 10.00 Å². The third-order valence-electron chi connectivity index (χ3n) is 5.93. The van der Waals surface area contributed by atoms with Crippen LogP contribution in [0.2, 0.25) is 0 Å². The molecule has 3 rings (SSSR count). The van der Waals surface area contributed by atoms with Gasteiger partial charge in [-0.15, -0.1) is 0 Å². The third-order valence-corrected chi connectivity index (χ3v) is 7.04. The largest absolute Gasteiger partial charge is 0.490 e. The van der Waals surface area contributed by atoms with Gasteiger partial charge in [-0.05, 0) is 56.7 Å². The number of hydrogen-bond donors (Lipinski definition) is 0. The molecule has 1 aromatic rings. The summed E-state index contributed by atoms with van der Waals surface area (Å²) in [4.78, 5) is 4.31. The molecule has 1 saturated carbocycles. The van der Waals surface area contributed by atoms with Gasteiger partial charge in [0.25, 0.3) is 0 Å². The first-order valence-corrected chi connectivity index (χ1v) is 11.7. The number of benzene rings is 1. The van der Waals surface area contributed by atoms with Crippen LogP contribution in [-0.4, -0.2) is 62.8 Å². The van der Waals surface area contributed by atoms with Crippen molar-refractivity contribution in [1.82, 2.24) is 9.80 Å². The molecule has 0 N–H and O–H groups in total. The zero-order chi connectivity index (χ0) is 20.3. The van der Waals surface area contributed by atoms with Crippen LogP contribution >= 0.6 is 0 Å². The highest BCUT2D eigenvalue weighted by atomic mass is 32.2. The molecule has 1 aromatic carbocycles. The fourth-order valence-corrected chi connectivity index (χ4v) is 4.81. The van der Waals surface area contributed by atoms with E-state index in [0.29, 0.717) is 18.6 Å². The van der Waals surface area contributed by atoms with Gasteiger partial charge in [-0.1, -0.05) is 0 Å². The number of nitriles is 1. The highest BCUT2D eigenvalue weighted by Gasteiger charge is 2.31. The Morgan fingerprint density at radius 1 is 1.25 bits per heavy atom. The highest BCUT2D eigenvalue weighted by molar-refractivity contribution is 7.90. The van der Waals surface area contributed by atoms with E-state index in [-0.39, 0.29) is 16.7 Å². The average Bonchev–Trinajstić information content (AvgIpc) is 2.66. The normalized spacial score (nSPS) is 26.6. The Kier molecular flexibility index (Phi) is 6.46. The summed E-state index contributed by atoms with van der Waals surface area (Å²) < 4.78 is 42.7. The van der Waals surface area contributed by atoms with Gasteiger partial charge < -0.3 is 9.64 Å². The van der Waals surface area contributed by atoms with Crippen LogP contribution < -0.4 is 4.74 Å². The van der Waals surface area contributed by atoms with Crippen molar-refractivity contribution in [2.45, 2.75) is 49.6 Å². The minimum absolute atomic E-state index is 0.0384. The summed E-state index contributed by atoms with van der Waals surface area (Å²) in [5.41, 5.74) is 0. The standard InChI is InChI=1S/C20H28FN3O3S/c1-15-12-23(9-10-24(15)14-22)17-5-3-16(4-6-17)13-27-20-8-7-18(11-19(20)21)28(2,25)26/h7-8,11,15-17H,3-6,9-10,12-13H2,1-2H3/t15-,16?,17?/m0/s1. The monoisotopic (exact) mass is 409 g/mol. The second kappa shape index (κ2) is 8.66. The van der Waals surface area contributed by atoms with Crippen molar-refractivity contribution < 1.29 is 17.5 Å². The first kappa shape index (κ1) is 20.9. The Morgan fingerprint density at radius 2 is 1.96 bits per heavy atom. The Bertz CT molecular complexity index is 832. The van der Waals surface area contributed by atoms with Gasteiger partial charge in [0.05, 0.1) is 11.5 Å². The van der Waals surface area contributed by atoms with E-state index in [2.05, 4.69) is 18.0 Å². The fourth-order valence-electron chi connectivity index (χ4n) is 4.18. The number of piperazine rings is 1. The van der Waals surface area contributed by atoms with Crippen molar-refractivity contribution in [3.63, 3.8) is 0 Å². The fraction of sp³-hybridized carbons (Fsp3) is 0.650. The van der Waals surface area contributed by atoms with Gasteiger partial charge in [0.1, 0.15) is 0 Å². The molecule has 0 spiro atoms. The summed E-state index contributed by atoms with van der Waals surface area (Å²) in [5.74, 6) is -0.153. The number of rotatable bonds is 5. The van der Waals surface area contributed by atoms with Crippen LogP contribution in [0, 0.1) is 23.2 Å². The lowest BCUT2D eigenvalue weighted by Crippen LogP contribution is -2.53. The van der Waals surface area contributed by atoms with Crippen LogP contribution in [0.25, 0.3) is 0 Å². The number of nitrogens with zero attached hydrogens (tertiary/aromatic N) is 3. The van der Waals surface area contributed by atoms with Gasteiger partial charge in [-0.25, -0.2) is 12.8 Å². The lowest BCUT2D eigenvalue weighted by molar-refractivity contribution is 0.0574. The molecule has 1 atom stereocenters. The van der Waals surface area contributed by atoms with Gasteiger partial charge in [0, 0.05) is 38.0 Å². The van der Waals surface area contributed by atoms with Gasteiger partial charge in [-0.2, -0.15) is 5.26 Å². The lowest BCUT2D eigenvalue weighted by Gasteiger charge is -2.43. The predicted octanol–water partition coefficient (Wildman–Crippen LogP) is 2.65. The maximum absolute atomic E-state index is 14.1. The zero-order valence-electron chi connectivity index (χ0n) is 16.5. The van der Waals surface area contributed by atoms with Crippen molar-refractivity contribution in [3.05, 3.63) is 24.0 Å². The van der Waals surface area contributed by atoms with Gasteiger partial charge >= 0.3 is 0 Å². The third kappa shape index (κ3) is 4.95. The number of sulfone groups is 1. The lowest BCUT2D eigenvalue weighted by atomic mass is 9.85. The molecule has 0 amide bonds. The van der Waals surface area contributed by atoms with Gasteiger partial charge in [0.15, 0.2) is 27.6 Å². The molecule has 1 saturated heterocycles. The molecule has 2 fully saturated rings. The SMILES string of the molecule is C[C@H]1CN(C2CCC(COc3ccc(S(C)(=O)=O)cc3F)CC2)CCN1C#N. The van der Waals surface area contributed by atoms with Crippen molar-refractivity contribution >= 4 is 9.84 Å². The molecular weight excluding hydrogens is 381 g/mol. The molecule has 0 bridgehead atoms. The summed E-state index contributed by atoms with van der Waals surface area (Å²) in [7, 11) is -3.42. The molecule has 154 valence electrons. The summed E-state index contributed by atoms with van der Waals surface area (Å²) >= 11 is 0. The van der Waals surface area contributed by atoms with E-state index in [1.54, 1.807) is 0 Å². The molecule has 1 heterocycles. The smallest absolute Gasteiger partial charge is 0.179 e. The molecule has 1 aliphatic heterocycles. The van der Waals surface area contributed by atoms with E-state index < -0.39 is 15.7 Å². The summed E-state index contributed by atoms with van der Waals surface area (Å²) in [5, 5.41) is 9.11. The Labute approximate surface area is 166 Å². The van der Waals surface area contributed by atoms with Crippen LogP contribution in [-0.2, 0) is 9.84 Å². The van der Waals surface area contributed by atoms with E-state index in [0.717, 1.165) is 57.6 Å². The number of halogens is 1. The number of hydrogen-bond acceptors (Lipinski definition) is 6. The molecule has 6 nitrogen and oxygen atoms in total. The molecule has 28 heavy (non-hydrogen) atoms. The Morgan fingerprint density at radius 3 is 2.54 bits per heavy atom. The van der Waals surface area contributed by atoms with Crippen LogP contribution in [0.5, 0.6) is 5.75 Å². The topological polar surface area (TPSA) is 73.6 Å². The van der Waals surface area contributed by atoms with Crippen molar-refractivity contribution in [2.24, 2.45) is 5.92 Å². The molecule has 2 aliphatic rings. The molecule has 0 radical (unpaired) electrons. The number of ether oxygens (including phenoxy) is 1. The molecule has 0 unspecified atom stereocenters. The Balaban J connectivity index is 1.47. The molecular formula is C20H28FN3O3S. The average molecular weight is 410 g/mol. The van der Waals surface area contributed by atoms with Gasteiger partial charge in [0.2, 0.25) is 0 Å². The molecule has 1 aliphatic carbocycles.